The lowest BCUT2D eigenvalue weighted by Gasteiger charge is -1.97. The molecule has 1 rings (SSSR count). The number of hydrogen-bond acceptors (Lipinski definition) is 2. The summed E-state index contributed by atoms with van der Waals surface area (Å²) in [5.74, 6) is 0. The molecule has 2 heteroatoms. The molecule has 0 radical (unpaired) electrons. The Bertz CT molecular complexity index is 290. The molecule has 0 spiro atoms. The SMILES string of the molecule is C=C(C)SC(=O)c1ccccc1. The van der Waals surface area contributed by atoms with Gasteiger partial charge in [-0.05, 0) is 11.8 Å². The molecule has 0 heterocycles. The van der Waals surface area contributed by atoms with Gasteiger partial charge < -0.3 is 0 Å². The highest BCUT2D eigenvalue weighted by Gasteiger charge is 2.04. The molecular weight excluding hydrogens is 168 g/mol. The summed E-state index contributed by atoms with van der Waals surface area (Å²) < 4.78 is 0. The van der Waals surface area contributed by atoms with Crippen LogP contribution in [0.2, 0.25) is 0 Å². The van der Waals surface area contributed by atoms with Gasteiger partial charge in [0.25, 0.3) is 0 Å². The molecule has 0 amide bonds. The lowest BCUT2D eigenvalue weighted by molar-refractivity contribution is 0.108. The lowest BCUT2D eigenvalue weighted by Crippen LogP contribution is -1.91. The smallest absolute Gasteiger partial charge is 0.223 e. The summed E-state index contributed by atoms with van der Waals surface area (Å²) in [4.78, 5) is 12.2. The van der Waals surface area contributed by atoms with Crippen LogP contribution < -0.4 is 0 Å². The molecule has 0 fully saturated rings. The zero-order valence-electron chi connectivity index (χ0n) is 6.91. The highest BCUT2D eigenvalue weighted by Crippen LogP contribution is 2.18. The van der Waals surface area contributed by atoms with Gasteiger partial charge in [0.1, 0.15) is 0 Å². The first-order valence-corrected chi connectivity index (χ1v) is 4.44. The van der Waals surface area contributed by atoms with Crippen molar-refractivity contribution in [3.8, 4) is 0 Å². The summed E-state index contributed by atoms with van der Waals surface area (Å²) in [7, 11) is 0. The van der Waals surface area contributed by atoms with Gasteiger partial charge in [0.15, 0.2) is 0 Å². The highest BCUT2D eigenvalue weighted by atomic mass is 32.2. The van der Waals surface area contributed by atoms with Crippen molar-refractivity contribution < 1.29 is 4.79 Å². The largest absolute Gasteiger partial charge is 0.281 e. The maximum absolute atomic E-state index is 11.4. The molecule has 0 N–H and O–H groups in total. The minimum Gasteiger partial charge on any atom is -0.281 e. The molecule has 1 aromatic carbocycles. The molecule has 0 bridgehead atoms. The molecule has 0 saturated heterocycles. The second-order valence-electron chi connectivity index (χ2n) is 2.46. The van der Waals surface area contributed by atoms with Crippen LogP contribution in [0.3, 0.4) is 0 Å². The minimum atomic E-state index is 0.0584. The van der Waals surface area contributed by atoms with Crippen molar-refractivity contribution in [1.82, 2.24) is 0 Å². The number of hydrogen-bond donors (Lipinski definition) is 0. The van der Waals surface area contributed by atoms with E-state index in [0.717, 1.165) is 10.5 Å². The summed E-state index contributed by atoms with van der Waals surface area (Å²) in [6, 6.07) is 9.21. The van der Waals surface area contributed by atoms with Crippen LogP contribution in [0.15, 0.2) is 41.8 Å². The van der Waals surface area contributed by atoms with E-state index < -0.39 is 0 Å². The first kappa shape index (κ1) is 9.07. The molecular formula is C10H10OS. The molecule has 62 valence electrons. The Balaban J connectivity index is 2.73. The van der Waals surface area contributed by atoms with Gasteiger partial charge in [0.2, 0.25) is 5.12 Å². The van der Waals surface area contributed by atoms with Crippen LogP contribution in [0, 0.1) is 0 Å². The van der Waals surface area contributed by atoms with Crippen molar-refractivity contribution in [2.75, 3.05) is 0 Å². The Hall–Kier alpha value is -1.02. The van der Waals surface area contributed by atoms with E-state index >= 15 is 0 Å². The van der Waals surface area contributed by atoms with E-state index in [0.29, 0.717) is 0 Å². The molecule has 12 heavy (non-hydrogen) atoms. The normalized spacial score (nSPS) is 9.42. The van der Waals surface area contributed by atoms with Crippen LogP contribution in [0.4, 0.5) is 0 Å². The first-order chi connectivity index (χ1) is 5.70. The average Bonchev–Trinajstić information content (AvgIpc) is 2.05. The van der Waals surface area contributed by atoms with E-state index in [1.807, 2.05) is 25.1 Å². The Kier molecular flexibility index (Phi) is 3.11. The molecule has 0 aliphatic carbocycles. The monoisotopic (exact) mass is 178 g/mol. The minimum absolute atomic E-state index is 0.0584. The van der Waals surface area contributed by atoms with Gasteiger partial charge in [-0.1, -0.05) is 48.7 Å². The third-order valence-corrected chi connectivity index (χ3v) is 2.05. The van der Waals surface area contributed by atoms with Gasteiger partial charge in [-0.25, -0.2) is 0 Å². The number of rotatable bonds is 2. The fourth-order valence-corrected chi connectivity index (χ4v) is 1.36. The predicted octanol–water partition coefficient (Wildman–Crippen LogP) is 3.09. The summed E-state index contributed by atoms with van der Waals surface area (Å²) in [5.41, 5.74) is 0.727. The van der Waals surface area contributed by atoms with E-state index in [2.05, 4.69) is 6.58 Å². The summed E-state index contributed by atoms with van der Waals surface area (Å²) in [6.07, 6.45) is 0. The van der Waals surface area contributed by atoms with Crippen molar-refractivity contribution in [3.63, 3.8) is 0 Å². The van der Waals surface area contributed by atoms with Gasteiger partial charge >= 0.3 is 0 Å². The van der Waals surface area contributed by atoms with Gasteiger partial charge in [-0.2, -0.15) is 0 Å². The van der Waals surface area contributed by atoms with E-state index in [9.17, 15) is 4.79 Å². The fraction of sp³-hybridized carbons (Fsp3) is 0.100. The van der Waals surface area contributed by atoms with Crippen molar-refractivity contribution in [2.45, 2.75) is 6.92 Å². The molecule has 0 aromatic heterocycles. The molecule has 1 nitrogen and oxygen atoms in total. The molecule has 0 aliphatic rings. The highest BCUT2D eigenvalue weighted by molar-refractivity contribution is 8.17. The number of carbonyl (C=O) groups is 1. The molecule has 0 saturated carbocycles. The van der Waals surface area contributed by atoms with Gasteiger partial charge in [0, 0.05) is 5.56 Å². The Morgan fingerprint density at radius 1 is 1.33 bits per heavy atom. The van der Waals surface area contributed by atoms with Crippen LogP contribution >= 0.6 is 11.8 Å². The summed E-state index contributed by atoms with van der Waals surface area (Å²) >= 11 is 1.17. The molecule has 0 atom stereocenters. The third kappa shape index (κ3) is 2.55. The van der Waals surface area contributed by atoms with Crippen LogP contribution in [0.5, 0.6) is 0 Å². The van der Waals surface area contributed by atoms with Crippen molar-refractivity contribution >= 4 is 16.9 Å². The topological polar surface area (TPSA) is 17.1 Å². The van der Waals surface area contributed by atoms with E-state index in [4.69, 9.17) is 0 Å². The summed E-state index contributed by atoms with van der Waals surface area (Å²) in [5, 5.41) is 0.0584. The lowest BCUT2D eigenvalue weighted by atomic mass is 10.2. The second kappa shape index (κ2) is 4.12. The Morgan fingerprint density at radius 3 is 2.42 bits per heavy atom. The van der Waals surface area contributed by atoms with Gasteiger partial charge in [-0.15, -0.1) is 0 Å². The predicted molar refractivity (Wildman–Crippen MR) is 53.2 cm³/mol. The zero-order valence-corrected chi connectivity index (χ0v) is 7.73. The van der Waals surface area contributed by atoms with E-state index in [-0.39, 0.29) is 5.12 Å². The van der Waals surface area contributed by atoms with E-state index in [1.165, 1.54) is 11.8 Å². The number of benzene rings is 1. The van der Waals surface area contributed by atoms with Crippen LogP contribution in [-0.2, 0) is 0 Å². The molecule has 1 aromatic rings. The Morgan fingerprint density at radius 2 is 1.92 bits per heavy atom. The van der Waals surface area contributed by atoms with Crippen molar-refractivity contribution in [2.24, 2.45) is 0 Å². The molecule has 0 aliphatic heterocycles. The first-order valence-electron chi connectivity index (χ1n) is 3.63. The quantitative estimate of drug-likeness (QED) is 0.692. The zero-order chi connectivity index (χ0) is 8.97. The van der Waals surface area contributed by atoms with Crippen molar-refractivity contribution in [1.29, 1.82) is 0 Å². The molecule has 0 unspecified atom stereocenters. The standard InChI is InChI=1S/C10H10OS/c1-8(2)12-10(11)9-6-4-3-5-7-9/h3-7H,1H2,2H3. The number of thioether (sulfide) groups is 1. The number of carbonyl (C=O) groups excluding carboxylic acids is 1. The average molecular weight is 178 g/mol. The van der Waals surface area contributed by atoms with Crippen LogP contribution in [0.25, 0.3) is 0 Å². The van der Waals surface area contributed by atoms with Crippen LogP contribution in [-0.4, -0.2) is 5.12 Å². The van der Waals surface area contributed by atoms with Crippen LogP contribution in [0.1, 0.15) is 17.3 Å². The van der Waals surface area contributed by atoms with Gasteiger partial charge in [0.05, 0.1) is 0 Å². The van der Waals surface area contributed by atoms with E-state index in [1.54, 1.807) is 12.1 Å². The fourth-order valence-electron chi connectivity index (χ4n) is 0.791. The Labute approximate surface area is 76.5 Å². The second-order valence-corrected chi connectivity index (χ2v) is 3.73. The number of allylic oxidation sites excluding steroid dienone is 1. The maximum atomic E-state index is 11.4. The van der Waals surface area contributed by atoms with Gasteiger partial charge in [-0.3, -0.25) is 4.79 Å². The maximum Gasteiger partial charge on any atom is 0.223 e. The third-order valence-electron chi connectivity index (χ3n) is 1.28. The summed E-state index contributed by atoms with van der Waals surface area (Å²) in [6.45, 7) is 5.49. The van der Waals surface area contributed by atoms with Crippen molar-refractivity contribution in [3.05, 3.63) is 47.4 Å².